The van der Waals surface area contributed by atoms with Crippen molar-refractivity contribution in [3.8, 4) is 0 Å². The Morgan fingerprint density at radius 3 is 2.50 bits per heavy atom. The summed E-state index contributed by atoms with van der Waals surface area (Å²) in [5, 5.41) is 0. The average Bonchev–Trinajstić information content (AvgIpc) is 1.35. The van der Waals surface area contributed by atoms with Gasteiger partial charge in [0.2, 0.25) is 6.08 Å². The number of aliphatic imine (C=N–C) groups is 1. The molecule has 3 heteroatoms. The first-order chi connectivity index (χ1) is 2.77. The normalized spacial score (nSPS) is 12.3. The molecule has 1 unspecified atom stereocenters. The highest BCUT2D eigenvalue weighted by Crippen LogP contribution is 1.89. The minimum absolute atomic E-state index is 0.428. The fourth-order valence-corrected chi connectivity index (χ4v) is 0.112. The number of alkyl halides is 1. The Labute approximate surface area is 40.8 Å². The summed E-state index contributed by atoms with van der Waals surface area (Å²) in [6, 6.07) is 0. The molecule has 0 spiro atoms. The fourth-order valence-electron chi connectivity index (χ4n) is 0.0726. The molecule has 0 aliphatic carbocycles. The summed E-state index contributed by atoms with van der Waals surface area (Å²) in [6.07, 6.45) is 1.31. The molecule has 0 rings (SSSR count). The Morgan fingerprint density at radius 1 is 2.00 bits per heavy atom. The average molecular weight is 106 g/mol. The molecule has 0 aliphatic rings. The van der Waals surface area contributed by atoms with Crippen molar-refractivity contribution in [3.05, 3.63) is 0 Å². The van der Waals surface area contributed by atoms with Gasteiger partial charge in [0.25, 0.3) is 0 Å². The van der Waals surface area contributed by atoms with Crippen molar-refractivity contribution in [2.24, 2.45) is 4.99 Å². The first-order valence-electron chi connectivity index (χ1n) is 1.48. The molecule has 0 N–H and O–H groups in total. The van der Waals surface area contributed by atoms with E-state index < -0.39 is 5.50 Å². The van der Waals surface area contributed by atoms with E-state index in [1.54, 1.807) is 6.92 Å². The van der Waals surface area contributed by atoms with Gasteiger partial charge < -0.3 is 0 Å². The lowest BCUT2D eigenvalue weighted by Crippen LogP contribution is -1.78. The van der Waals surface area contributed by atoms with Gasteiger partial charge in [-0.15, -0.1) is 0 Å². The lowest BCUT2D eigenvalue weighted by atomic mass is 10.8. The Kier molecular flexibility index (Phi) is 2.73. The zero-order valence-electron chi connectivity index (χ0n) is 3.31. The fraction of sp³-hybridized carbons (Fsp3) is 0.667. The summed E-state index contributed by atoms with van der Waals surface area (Å²) >= 11 is 5.15. The van der Waals surface area contributed by atoms with Crippen molar-refractivity contribution in [1.82, 2.24) is 0 Å². The number of halogens is 1. The van der Waals surface area contributed by atoms with Gasteiger partial charge in [0.1, 0.15) is 5.50 Å². The van der Waals surface area contributed by atoms with E-state index in [0.29, 0.717) is 0 Å². The Bertz CT molecular complexity index is 74.9. The third-order valence-electron chi connectivity index (χ3n) is 0.231. The molecule has 2 nitrogen and oxygen atoms in total. The summed E-state index contributed by atoms with van der Waals surface area (Å²) in [7, 11) is 0. The molecular formula is C3H4ClNO. The molecule has 0 aromatic heterocycles. The van der Waals surface area contributed by atoms with Gasteiger partial charge in [0.05, 0.1) is 0 Å². The SMILES string of the molecule is CC(Cl)N=C=O. The second-order valence-corrected chi connectivity index (χ2v) is 1.43. The number of nitrogens with zero attached hydrogens (tertiary/aromatic N) is 1. The first kappa shape index (κ1) is 5.67. The van der Waals surface area contributed by atoms with Crippen LogP contribution >= 0.6 is 11.6 Å². The van der Waals surface area contributed by atoms with Crippen molar-refractivity contribution in [1.29, 1.82) is 0 Å². The molecule has 0 heterocycles. The van der Waals surface area contributed by atoms with Gasteiger partial charge in [0.15, 0.2) is 0 Å². The Balaban J connectivity index is 3.29. The van der Waals surface area contributed by atoms with Crippen LogP contribution in [0.5, 0.6) is 0 Å². The highest BCUT2D eigenvalue weighted by atomic mass is 35.5. The zero-order valence-corrected chi connectivity index (χ0v) is 4.07. The topological polar surface area (TPSA) is 29.4 Å². The highest BCUT2D eigenvalue weighted by Gasteiger charge is 1.82. The molecule has 0 saturated heterocycles. The Morgan fingerprint density at radius 2 is 2.50 bits per heavy atom. The number of isocyanates is 1. The molecule has 0 fully saturated rings. The molecule has 0 aromatic rings. The number of hydrogen-bond donors (Lipinski definition) is 0. The standard InChI is InChI=1S/C3H4ClNO/c1-3(4)5-2-6/h3H,1H3. The van der Waals surface area contributed by atoms with Gasteiger partial charge in [-0.3, -0.25) is 0 Å². The van der Waals surface area contributed by atoms with E-state index in [0.717, 1.165) is 0 Å². The molecule has 0 radical (unpaired) electrons. The molecule has 6 heavy (non-hydrogen) atoms. The summed E-state index contributed by atoms with van der Waals surface area (Å²) in [6.45, 7) is 1.59. The molecule has 0 saturated carbocycles. The lowest BCUT2D eigenvalue weighted by molar-refractivity contribution is 0.562. The maximum absolute atomic E-state index is 9.24. The van der Waals surface area contributed by atoms with Crippen molar-refractivity contribution in [2.45, 2.75) is 12.4 Å². The van der Waals surface area contributed by atoms with E-state index in [1.165, 1.54) is 6.08 Å². The minimum Gasteiger partial charge on any atom is -0.211 e. The van der Waals surface area contributed by atoms with E-state index in [4.69, 9.17) is 11.6 Å². The molecular weight excluding hydrogens is 101 g/mol. The van der Waals surface area contributed by atoms with E-state index in [-0.39, 0.29) is 0 Å². The van der Waals surface area contributed by atoms with E-state index >= 15 is 0 Å². The number of hydrogen-bond acceptors (Lipinski definition) is 2. The smallest absolute Gasteiger partial charge is 0.211 e. The minimum atomic E-state index is -0.428. The van der Waals surface area contributed by atoms with Crippen LogP contribution in [0.4, 0.5) is 0 Å². The van der Waals surface area contributed by atoms with Crippen LogP contribution in [-0.4, -0.2) is 11.6 Å². The molecule has 0 aromatic carbocycles. The summed E-state index contributed by atoms with van der Waals surface area (Å²) in [4.78, 5) is 12.3. The van der Waals surface area contributed by atoms with Crippen molar-refractivity contribution >= 4 is 17.7 Å². The predicted molar refractivity (Wildman–Crippen MR) is 23.4 cm³/mol. The van der Waals surface area contributed by atoms with E-state index in [9.17, 15) is 4.79 Å². The molecule has 1 atom stereocenters. The number of carbonyl (C=O) groups excluding carboxylic acids is 1. The van der Waals surface area contributed by atoms with Crippen LogP contribution in [0.3, 0.4) is 0 Å². The lowest BCUT2D eigenvalue weighted by Gasteiger charge is -1.79. The molecule has 0 amide bonds. The van der Waals surface area contributed by atoms with E-state index in [1.807, 2.05) is 0 Å². The van der Waals surface area contributed by atoms with Crippen molar-refractivity contribution < 1.29 is 4.79 Å². The monoisotopic (exact) mass is 105 g/mol. The second kappa shape index (κ2) is 2.88. The summed E-state index contributed by atoms with van der Waals surface area (Å²) in [5.74, 6) is 0. The van der Waals surface area contributed by atoms with Gasteiger partial charge in [-0.2, -0.15) is 4.99 Å². The van der Waals surface area contributed by atoms with Crippen LogP contribution in [0.15, 0.2) is 4.99 Å². The Hall–Kier alpha value is -0.330. The summed E-state index contributed by atoms with van der Waals surface area (Å²) < 4.78 is 0. The van der Waals surface area contributed by atoms with Crippen LogP contribution in [0, 0.1) is 0 Å². The maximum atomic E-state index is 9.24. The zero-order chi connectivity index (χ0) is 4.99. The van der Waals surface area contributed by atoms with E-state index in [2.05, 4.69) is 4.99 Å². The van der Waals surface area contributed by atoms with Gasteiger partial charge in [0, 0.05) is 0 Å². The van der Waals surface area contributed by atoms with Crippen LogP contribution < -0.4 is 0 Å². The van der Waals surface area contributed by atoms with Crippen LogP contribution in [0.1, 0.15) is 6.92 Å². The van der Waals surface area contributed by atoms with Crippen LogP contribution in [-0.2, 0) is 4.79 Å². The van der Waals surface area contributed by atoms with Gasteiger partial charge >= 0.3 is 0 Å². The quantitative estimate of drug-likeness (QED) is 0.211. The van der Waals surface area contributed by atoms with Crippen LogP contribution in [0.25, 0.3) is 0 Å². The second-order valence-electron chi connectivity index (χ2n) is 0.794. The maximum Gasteiger partial charge on any atom is 0.236 e. The van der Waals surface area contributed by atoms with Crippen molar-refractivity contribution in [2.75, 3.05) is 0 Å². The number of rotatable bonds is 1. The highest BCUT2D eigenvalue weighted by molar-refractivity contribution is 6.20. The third kappa shape index (κ3) is 3.67. The van der Waals surface area contributed by atoms with Crippen molar-refractivity contribution in [3.63, 3.8) is 0 Å². The largest absolute Gasteiger partial charge is 0.236 e. The summed E-state index contributed by atoms with van der Waals surface area (Å²) in [5.41, 5.74) is -0.428. The van der Waals surface area contributed by atoms with Crippen LogP contribution in [0.2, 0.25) is 0 Å². The molecule has 0 aliphatic heterocycles. The van der Waals surface area contributed by atoms with Gasteiger partial charge in [-0.05, 0) is 6.92 Å². The predicted octanol–water partition coefficient (Wildman–Crippen LogP) is 0.907. The molecule has 34 valence electrons. The third-order valence-corrected chi connectivity index (χ3v) is 0.328. The van der Waals surface area contributed by atoms with Gasteiger partial charge in [-0.25, -0.2) is 4.79 Å². The molecule has 0 bridgehead atoms. The van der Waals surface area contributed by atoms with Gasteiger partial charge in [-0.1, -0.05) is 11.6 Å². The first-order valence-corrected chi connectivity index (χ1v) is 1.92.